The fourth-order valence-electron chi connectivity index (χ4n) is 4.98. The molecule has 6 aromatic rings. The zero-order chi connectivity index (χ0) is 47.8. The van der Waals surface area contributed by atoms with E-state index >= 15 is 0 Å². The van der Waals surface area contributed by atoms with Crippen molar-refractivity contribution in [3.05, 3.63) is 136 Å². The normalized spacial score (nSPS) is 9.85. The van der Waals surface area contributed by atoms with Gasteiger partial charge in [-0.1, -0.05) is 41.0 Å². The number of pyridine rings is 4. The Morgan fingerprint density at radius 1 is 0.697 bits per heavy atom. The van der Waals surface area contributed by atoms with Gasteiger partial charge in [0.15, 0.2) is 28.7 Å². The zero-order valence-electron chi connectivity index (χ0n) is 38.9. The van der Waals surface area contributed by atoms with E-state index in [1.54, 1.807) is 39.0 Å². The summed E-state index contributed by atoms with van der Waals surface area (Å²) in [5, 5.41) is 21.4. The van der Waals surface area contributed by atoms with Gasteiger partial charge in [-0.3, -0.25) is 4.79 Å². The van der Waals surface area contributed by atoms with Gasteiger partial charge in [-0.05, 0) is 123 Å². The number of nitrogens with two attached hydrogens (primary N) is 1. The molecule has 0 saturated carbocycles. The van der Waals surface area contributed by atoms with Crippen LogP contribution >= 0.6 is 11.6 Å². The maximum atomic E-state index is 11.8. The Bertz CT molecular complexity index is 2480. The van der Waals surface area contributed by atoms with Crippen LogP contribution in [0.25, 0.3) is 11.6 Å². The summed E-state index contributed by atoms with van der Waals surface area (Å²) in [5.41, 5.74) is 7.99. The number of nitrogen functional groups attached to an aromatic ring is 1. The van der Waals surface area contributed by atoms with Crippen LogP contribution in [0.15, 0.2) is 90.1 Å². The van der Waals surface area contributed by atoms with E-state index in [0.29, 0.717) is 40.6 Å². The van der Waals surface area contributed by atoms with Crippen molar-refractivity contribution < 1.29 is 62.9 Å². The first-order valence-corrected chi connectivity index (χ1v) is 20.0. The summed E-state index contributed by atoms with van der Waals surface area (Å²) in [5.74, 6) is 4.77. The molecule has 6 aromatic heterocycles. The number of esters is 2. The molecular formula is C44H55ClLiN11O9. The van der Waals surface area contributed by atoms with Crippen molar-refractivity contribution in [2.24, 2.45) is 11.0 Å². The van der Waals surface area contributed by atoms with Crippen LogP contribution in [0.3, 0.4) is 0 Å². The largest absolute Gasteiger partial charge is 1.00 e. The third kappa shape index (κ3) is 21.2. The molecule has 0 amide bonds. The topological polar surface area (TPSA) is 284 Å². The molecule has 5 N–H and O–H groups in total. The number of hydrogen-bond donors (Lipinski definition) is 3. The number of carboxylic acid groups (broad SMARTS) is 1. The quantitative estimate of drug-likeness (QED) is 0.0417. The van der Waals surface area contributed by atoms with Crippen molar-refractivity contribution in [2.45, 2.75) is 68.7 Å². The zero-order valence-corrected chi connectivity index (χ0v) is 39.7. The van der Waals surface area contributed by atoms with E-state index in [9.17, 15) is 19.2 Å². The number of anilines is 1. The predicted molar refractivity (Wildman–Crippen MR) is 244 cm³/mol. The molecule has 6 heterocycles. The van der Waals surface area contributed by atoms with Gasteiger partial charge in [-0.25, -0.2) is 49.5 Å². The maximum Gasteiger partial charge on any atom is 1.00 e. The minimum absolute atomic E-state index is 0. The molecule has 0 unspecified atom stereocenters. The molecule has 348 valence electrons. The van der Waals surface area contributed by atoms with Gasteiger partial charge in [-0.2, -0.15) is 10.2 Å². The number of aromatic carboxylic acids is 1. The first-order chi connectivity index (χ1) is 30.4. The summed E-state index contributed by atoms with van der Waals surface area (Å²) in [6, 6.07) is 25.4. The van der Waals surface area contributed by atoms with Crippen LogP contribution in [0.2, 0.25) is 5.15 Å². The number of halogens is 1. The molecule has 0 atom stereocenters. The number of carbonyl (C=O) groups excluding carboxylic acids is 3. The Morgan fingerprint density at radius 3 is 1.53 bits per heavy atom. The third-order valence-electron chi connectivity index (χ3n) is 7.57. The van der Waals surface area contributed by atoms with Crippen LogP contribution in [-0.2, 0) is 23.9 Å². The molecule has 0 radical (unpaired) electrons. The molecule has 0 aliphatic rings. The third-order valence-corrected chi connectivity index (χ3v) is 7.78. The van der Waals surface area contributed by atoms with Crippen LogP contribution in [0.1, 0.15) is 82.3 Å². The van der Waals surface area contributed by atoms with Gasteiger partial charge in [0.05, 0.1) is 31.0 Å². The second-order valence-electron chi connectivity index (χ2n) is 13.2. The number of Topliss-reactive ketones (excluding diaryl/α,β-unsaturated/α-hetero) is 1. The number of hydrazine groups is 1. The van der Waals surface area contributed by atoms with E-state index in [-0.39, 0.29) is 60.5 Å². The Balaban J connectivity index is 0.000000818. The second kappa shape index (κ2) is 31.1. The molecule has 0 aliphatic heterocycles. The van der Waals surface area contributed by atoms with Crippen LogP contribution in [0, 0.1) is 41.5 Å². The fraction of sp³-hybridized carbons (Fsp3) is 0.295. The number of nitrogens with one attached hydrogen (secondary N) is 1. The predicted octanol–water partition coefficient (Wildman–Crippen LogP) is 3.72. The Kier molecular flexibility index (Phi) is 27.9. The number of oxime groups is 1. The number of aromatic nitrogens is 8. The molecule has 0 aliphatic carbocycles. The van der Waals surface area contributed by atoms with Crippen molar-refractivity contribution in [2.75, 3.05) is 25.7 Å². The molecule has 0 bridgehead atoms. The summed E-state index contributed by atoms with van der Waals surface area (Å²) >= 11 is 5.53. The molecule has 20 nitrogen and oxygen atoms in total. The molecule has 22 heteroatoms. The molecule has 0 spiro atoms. The smallest absolute Gasteiger partial charge is 0.870 e. The molecule has 0 saturated heterocycles. The first-order valence-electron chi connectivity index (χ1n) is 19.6. The minimum Gasteiger partial charge on any atom is -0.870 e. The minimum atomic E-state index is -1.01. The number of nitrogens with zero attached hydrogens (tertiary/aromatic N) is 9. The van der Waals surface area contributed by atoms with Crippen LogP contribution in [0.4, 0.5) is 5.82 Å². The van der Waals surface area contributed by atoms with Crippen molar-refractivity contribution in [3.63, 3.8) is 0 Å². The van der Waals surface area contributed by atoms with Gasteiger partial charge in [0.1, 0.15) is 23.9 Å². The van der Waals surface area contributed by atoms with Crippen molar-refractivity contribution in [1.82, 2.24) is 39.5 Å². The van der Waals surface area contributed by atoms with Crippen molar-refractivity contribution in [3.8, 4) is 11.6 Å². The first kappa shape index (κ1) is 59.2. The molecule has 6 rings (SSSR count). The second-order valence-corrected chi connectivity index (χ2v) is 13.6. The number of ether oxygens (including phenoxy) is 2. The Labute approximate surface area is 400 Å². The van der Waals surface area contributed by atoms with Gasteiger partial charge >= 0.3 is 36.8 Å². The average molecular weight is 924 g/mol. The summed E-state index contributed by atoms with van der Waals surface area (Å²) in [7, 11) is 1.30. The number of rotatable bonds is 11. The number of carbonyl (C=O) groups is 4. The summed E-state index contributed by atoms with van der Waals surface area (Å²) in [4.78, 5) is 65.6. The van der Waals surface area contributed by atoms with E-state index in [1.165, 1.54) is 29.5 Å². The molecular weight excluding hydrogens is 869 g/mol. The van der Waals surface area contributed by atoms with E-state index in [2.05, 4.69) is 50.3 Å². The number of carboxylic acids is 1. The van der Waals surface area contributed by atoms with E-state index < -0.39 is 11.9 Å². The summed E-state index contributed by atoms with van der Waals surface area (Å²) < 4.78 is 12.5. The van der Waals surface area contributed by atoms with Crippen LogP contribution < -0.4 is 30.1 Å². The van der Waals surface area contributed by atoms with E-state index in [0.717, 1.165) is 28.5 Å². The summed E-state index contributed by atoms with van der Waals surface area (Å²) in [6.45, 7) is 16.5. The number of hydrogen-bond acceptors (Lipinski definition) is 17. The van der Waals surface area contributed by atoms with Gasteiger partial charge in [0.25, 0.3) is 0 Å². The summed E-state index contributed by atoms with van der Waals surface area (Å²) in [6.07, 6.45) is -0.0628. The van der Waals surface area contributed by atoms with Crippen molar-refractivity contribution in [1.29, 1.82) is 0 Å². The molecule has 0 aromatic carbocycles. The van der Waals surface area contributed by atoms with E-state index in [1.807, 2.05) is 95.3 Å². The fourth-order valence-corrected chi connectivity index (χ4v) is 5.19. The molecule has 0 fully saturated rings. The van der Waals surface area contributed by atoms with Gasteiger partial charge in [-0.15, -0.1) is 0 Å². The van der Waals surface area contributed by atoms with Crippen LogP contribution in [-0.4, -0.2) is 99.8 Å². The Morgan fingerprint density at radius 2 is 1.15 bits per heavy atom. The monoisotopic (exact) mass is 923 g/mol. The van der Waals surface area contributed by atoms with Gasteiger partial charge < -0.3 is 30.3 Å². The Hall–Kier alpha value is -6.82. The number of aryl methyl sites for hydroxylation is 6. The number of ketones is 1. The van der Waals surface area contributed by atoms with Gasteiger partial charge in [0.2, 0.25) is 0 Å². The SMILES string of the molecule is CCOC(=O)C(CC(C)=O)=NOC.CCOC(=O)c1cc(C)nn1-c1cccc(C)n1.Cc1cccc(-n2nc(C)cc2C(=O)O)n1.Cc1cccc(Cl)n1.Cc1cccc(NN)n1.[Li+].[OH-]. The van der Waals surface area contributed by atoms with Crippen molar-refractivity contribution >= 4 is 46.8 Å². The maximum absolute atomic E-state index is 11.8. The van der Waals surface area contributed by atoms with Gasteiger partial charge in [0, 0.05) is 22.8 Å². The van der Waals surface area contributed by atoms with Crippen LogP contribution in [0.5, 0.6) is 0 Å². The standard InChI is InChI=1S/C13H15N3O2.C11H11N3O2.C8H13NO4.C6H6ClN.C6H9N3.Li.H2O/c1-4-18-13(17)11-8-10(3)15-16(11)12-7-5-6-9(2)14-12;1-7-4-3-5-10(12-7)14-9(11(15)16)6-8(2)13-14;1-4-13-8(11)7(9-12-3)5-6(2)10;1-5-3-2-4-6(7)8-5;1-5-3-2-4-6(8-5)9-7;;/h5-8H,4H2,1-3H3;3-6H,1-2H3,(H,15,16);4-5H2,1-3H3;2-4H,1H3;2-4H,7H2,1H3,(H,8,9);;1H2/q;;;;;+1;/p-1. The molecule has 66 heavy (non-hydrogen) atoms. The average Bonchev–Trinajstić information content (AvgIpc) is 3.84. The van der Waals surface area contributed by atoms with E-state index in [4.69, 9.17) is 27.3 Å².